The number of nitrogens with zero attached hydrogens (tertiary/aromatic N) is 1. The molecule has 0 saturated carbocycles. The topological polar surface area (TPSA) is 4.93 Å². The molecule has 0 atom stereocenters. The molecule has 1 aliphatic rings. The summed E-state index contributed by atoms with van der Waals surface area (Å²) in [5, 5.41) is 7.76. The smallest absolute Gasteiger partial charge is 0.0619 e. The van der Waals surface area contributed by atoms with Gasteiger partial charge < -0.3 is 4.57 Å². The Morgan fingerprint density at radius 1 is 0.452 bits per heavy atom. The van der Waals surface area contributed by atoms with Gasteiger partial charge in [0.15, 0.2) is 0 Å². The third-order valence-corrected chi connectivity index (χ3v) is 9.54. The standard InChI is InChI=1S/C41H29N/c1-41(2)34-22-12-10-16-27(34)30-24-25-36-38(39(30)41)33-21-11-13-23-35(33)42(36)40-31-19-8-6-17-28(31)37(26-14-4-3-5-15-26)29-18-7-9-20-32(29)40/h3-25H,1-2H3. The molecule has 1 nitrogen and oxygen atoms in total. The van der Waals surface area contributed by atoms with E-state index in [-0.39, 0.29) is 5.41 Å². The predicted molar refractivity (Wildman–Crippen MR) is 179 cm³/mol. The molecule has 9 rings (SSSR count). The molecular weight excluding hydrogens is 506 g/mol. The van der Waals surface area contributed by atoms with Gasteiger partial charge in [0.05, 0.1) is 16.7 Å². The Kier molecular flexibility index (Phi) is 4.73. The summed E-state index contributed by atoms with van der Waals surface area (Å²) in [6.45, 7) is 4.78. The Bertz CT molecular complexity index is 2310. The predicted octanol–water partition coefficient (Wildman–Crippen LogP) is 11.1. The molecule has 7 aromatic carbocycles. The van der Waals surface area contributed by atoms with Crippen LogP contribution >= 0.6 is 0 Å². The van der Waals surface area contributed by atoms with E-state index in [0.717, 1.165) is 0 Å². The number of hydrogen-bond donors (Lipinski definition) is 0. The van der Waals surface area contributed by atoms with Gasteiger partial charge in [0.25, 0.3) is 0 Å². The van der Waals surface area contributed by atoms with Crippen LogP contribution in [0.3, 0.4) is 0 Å². The average Bonchev–Trinajstić information content (AvgIpc) is 3.49. The molecule has 0 N–H and O–H groups in total. The van der Waals surface area contributed by atoms with Crippen molar-refractivity contribution in [3.8, 4) is 27.9 Å². The van der Waals surface area contributed by atoms with Crippen LogP contribution in [0.15, 0.2) is 140 Å². The zero-order chi connectivity index (χ0) is 28.0. The van der Waals surface area contributed by atoms with Crippen molar-refractivity contribution in [2.45, 2.75) is 19.3 Å². The van der Waals surface area contributed by atoms with Crippen LogP contribution in [0.1, 0.15) is 25.0 Å². The summed E-state index contributed by atoms with van der Waals surface area (Å²) >= 11 is 0. The zero-order valence-electron chi connectivity index (χ0n) is 23.7. The molecule has 0 spiro atoms. The fourth-order valence-corrected chi connectivity index (χ4v) is 7.83. The molecule has 1 aliphatic carbocycles. The van der Waals surface area contributed by atoms with Crippen LogP contribution < -0.4 is 0 Å². The SMILES string of the molecule is CC1(C)c2ccccc2-c2ccc3c(c21)c1ccccc1n3-c1c2ccccc2c(-c2ccccc2)c2ccccc12. The normalized spacial score (nSPS) is 13.7. The van der Waals surface area contributed by atoms with Crippen molar-refractivity contribution in [1.29, 1.82) is 0 Å². The Balaban J connectivity index is 1.49. The van der Waals surface area contributed by atoms with Gasteiger partial charge in [0.1, 0.15) is 0 Å². The monoisotopic (exact) mass is 535 g/mol. The number of benzene rings is 7. The van der Waals surface area contributed by atoms with Gasteiger partial charge in [-0.15, -0.1) is 0 Å². The Morgan fingerprint density at radius 3 is 1.74 bits per heavy atom. The molecule has 1 heterocycles. The minimum atomic E-state index is -0.0955. The van der Waals surface area contributed by atoms with E-state index in [0.29, 0.717) is 0 Å². The van der Waals surface area contributed by atoms with Crippen LogP contribution in [0.5, 0.6) is 0 Å². The van der Waals surface area contributed by atoms with Gasteiger partial charge in [-0.3, -0.25) is 0 Å². The van der Waals surface area contributed by atoms with Crippen LogP contribution in [0.4, 0.5) is 0 Å². The van der Waals surface area contributed by atoms with Crippen LogP contribution in [-0.4, -0.2) is 4.57 Å². The Hall–Kier alpha value is -5.14. The molecule has 198 valence electrons. The highest BCUT2D eigenvalue weighted by Crippen LogP contribution is 2.54. The molecule has 0 aliphatic heterocycles. The first kappa shape index (κ1) is 23.6. The van der Waals surface area contributed by atoms with Gasteiger partial charge >= 0.3 is 0 Å². The van der Waals surface area contributed by atoms with Crippen molar-refractivity contribution in [2.75, 3.05) is 0 Å². The minimum Gasteiger partial charge on any atom is -0.308 e. The van der Waals surface area contributed by atoms with Gasteiger partial charge in [0.2, 0.25) is 0 Å². The maximum absolute atomic E-state index is 2.55. The molecular formula is C41H29N. The highest BCUT2D eigenvalue weighted by molar-refractivity contribution is 6.21. The number of fused-ring (bicyclic) bond motifs is 9. The molecule has 0 amide bonds. The lowest BCUT2D eigenvalue weighted by Crippen LogP contribution is -2.15. The van der Waals surface area contributed by atoms with Crippen LogP contribution in [0, 0.1) is 0 Å². The summed E-state index contributed by atoms with van der Waals surface area (Å²) in [4.78, 5) is 0. The van der Waals surface area contributed by atoms with Crippen molar-refractivity contribution >= 4 is 43.4 Å². The van der Waals surface area contributed by atoms with E-state index in [2.05, 4.69) is 158 Å². The molecule has 0 radical (unpaired) electrons. The Morgan fingerprint density at radius 2 is 1.02 bits per heavy atom. The summed E-state index contributed by atoms with van der Waals surface area (Å²) in [5.41, 5.74) is 11.8. The van der Waals surface area contributed by atoms with E-state index in [1.54, 1.807) is 0 Å². The lowest BCUT2D eigenvalue weighted by Gasteiger charge is -2.23. The molecule has 0 unspecified atom stereocenters. The highest BCUT2D eigenvalue weighted by atomic mass is 15.0. The van der Waals surface area contributed by atoms with E-state index in [1.807, 2.05) is 0 Å². The first-order valence-electron chi connectivity index (χ1n) is 14.8. The fourth-order valence-electron chi connectivity index (χ4n) is 7.83. The molecule has 1 heteroatoms. The second-order valence-electron chi connectivity index (χ2n) is 12.1. The zero-order valence-corrected chi connectivity index (χ0v) is 23.7. The Labute approximate surface area is 245 Å². The minimum absolute atomic E-state index is 0.0955. The van der Waals surface area contributed by atoms with E-state index in [1.165, 1.54) is 82.4 Å². The number of rotatable bonds is 2. The summed E-state index contributed by atoms with van der Waals surface area (Å²) in [6.07, 6.45) is 0. The van der Waals surface area contributed by atoms with Crippen LogP contribution in [0.25, 0.3) is 71.3 Å². The molecule has 42 heavy (non-hydrogen) atoms. The third-order valence-electron chi connectivity index (χ3n) is 9.54. The molecule has 8 aromatic rings. The highest BCUT2D eigenvalue weighted by Gasteiger charge is 2.38. The second-order valence-corrected chi connectivity index (χ2v) is 12.1. The number of hydrogen-bond acceptors (Lipinski definition) is 0. The summed E-state index contributed by atoms with van der Waals surface area (Å²) in [7, 11) is 0. The van der Waals surface area contributed by atoms with E-state index < -0.39 is 0 Å². The largest absolute Gasteiger partial charge is 0.308 e. The van der Waals surface area contributed by atoms with Gasteiger partial charge in [-0.05, 0) is 56.3 Å². The van der Waals surface area contributed by atoms with Gasteiger partial charge in [-0.25, -0.2) is 0 Å². The quantitative estimate of drug-likeness (QED) is 0.194. The van der Waals surface area contributed by atoms with Crippen molar-refractivity contribution in [3.05, 3.63) is 151 Å². The van der Waals surface area contributed by atoms with E-state index in [9.17, 15) is 0 Å². The fraction of sp³-hybridized carbons (Fsp3) is 0.0732. The van der Waals surface area contributed by atoms with Crippen molar-refractivity contribution in [3.63, 3.8) is 0 Å². The van der Waals surface area contributed by atoms with Crippen LogP contribution in [-0.2, 0) is 5.41 Å². The first-order chi connectivity index (χ1) is 20.6. The van der Waals surface area contributed by atoms with Gasteiger partial charge in [-0.1, -0.05) is 141 Å². The number of para-hydroxylation sites is 1. The number of aromatic nitrogens is 1. The average molecular weight is 536 g/mol. The lowest BCUT2D eigenvalue weighted by molar-refractivity contribution is 0.666. The van der Waals surface area contributed by atoms with Gasteiger partial charge in [-0.2, -0.15) is 0 Å². The lowest BCUT2D eigenvalue weighted by atomic mass is 9.80. The molecule has 0 bridgehead atoms. The molecule has 1 aromatic heterocycles. The summed E-state index contributed by atoms with van der Waals surface area (Å²) in [6, 6.07) is 51.4. The van der Waals surface area contributed by atoms with E-state index in [4.69, 9.17) is 0 Å². The van der Waals surface area contributed by atoms with Crippen molar-refractivity contribution in [2.24, 2.45) is 0 Å². The van der Waals surface area contributed by atoms with Crippen molar-refractivity contribution < 1.29 is 0 Å². The summed E-state index contributed by atoms with van der Waals surface area (Å²) < 4.78 is 2.55. The van der Waals surface area contributed by atoms with Crippen molar-refractivity contribution in [1.82, 2.24) is 4.57 Å². The molecule has 0 saturated heterocycles. The maximum atomic E-state index is 2.55. The van der Waals surface area contributed by atoms with Crippen LogP contribution in [0.2, 0.25) is 0 Å². The molecule has 0 fully saturated rings. The van der Waals surface area contributed by atoms with E-state index >= 15 is 0 Å². The first-order valence-corrected chi connectivity index (χ1v) is 14.8. The summed E-state index contributed by atoms with van der Waals surface area (Å²) in [5.74, 6) is 0. The third kappa shape index (κ3) is 2.98. The second kappa shape index (κ2) is 8.44. The van der Waals surface area contributed by atoms with Gasteiger partial charge in [0, 0.05) is 27.0 Å². The maximum Gasteiger partial charge on any atom is 0.0619 e.